The molecule has 0 saturated carbocycles. The SMILES string of the molecule is Cc1cc(-c2ccc(S(=O)(=O)N3CCN(c4ccc(F)cc4)CC3)c(C)c2)on1. The lowest BCUT2D eigenvalue weighted by Gasteiger charge is -2.35. The quantitative estimate of drug-likeness (QED) is 0.651. The molecule has 1 aliphatic heterocycles. The van der Waals surface area contributed by atoms with E-state index in [1.54, 1.807) is 31.2 Å². The van der Waals surface area contributed by atoms with Crippen molar-refractivity contribution in [3.05, 3.63) is 65.6 Å². The van der Waals surface area contributed by atoms with E-state index in [-0.39, 0.29) is 5.82 Å². The van der Waals surface area contributed by atoms with Gasteiger partial charge in [-0.1, -0.05) is 5.16 Å². The molecule has 0 unspecified atom stereocenters. The molecule has 1 saturated heterocycles. The van der Waals surface area contributed by atoms with Crippen LogP contribution in [0.4, 0.5) is 10.1 Å². The van der Waals surface area contributed by atoms with Crippen LogP contribution in [0.5, 0.6) is 0 Å². The summed E-state index contributed by atoms with van der Waals surface area (Å²) in [5, 5.41) is 3.88. The smallest absolute Gasteiger partial charge is 0.243 e. The number of nitrogens with zero attached hydrogens (tertiary/aromatic N) is 3. The van der Waals surface area contributed by atoms with E-state index in [0.717, 1.165) is 16.9 Å². The fourth-order valence-electron chi connectivity index (χ4n) is 3.57. The normalized spacial score (nSPS) is 15.6. The Bertz CT molecular complexity index is 1120. The second-order valence-electron chi connectivity index (χ2n) is 7.18. The molecule has 0 N–H and O–H groups in total. The van der Waals surface area contributed by atoms with Gasteiger partial charge >= 0.3 is 0 Å². The van der Waals surface area contributed by atoms with Gasteiger partial charge in [-0.2, -0.15) is 4.31 Å². The van der Waals surface area contributed by atoms with Crippen LogP contribution in [0.3, 0.4) is 0 Å². The number of hydrogen-bond acceptors (Lipinski definition) is 5. The van der Waals surface area contributed by atoms with Crippen molar-refractivity contribution in [3.63, 3.8) is 0 Å². The highest BCUT2D eigenvalue weighted by molar-refractivity contribution is 7.89. The average molecular weight is 415 g/mol. The molecule has 0 bridgehead atoms. The van der Waals surface area contributed by atoms with E-state index in [1.807, 2.05) is 19.1 Å². The number of aromatic nitrogens is 1. The maximum absolute atomic E-state index is 13.2. The molecule has 8 heteroatoms. The van der Waals surface area contributed by atoms with E-state index in [2.05, 4.69) is 10.1 Å². The number of piperazine rings is 1. The first-order valence-electron chi connectivity index (χ1n) is 9.39. The van der Waals surface area contributed by atoms with Crippen LogP contribution in [-0.2, 0) is 10.0 Å². The van der Waals surface area contributed by atoms with Crippen molar-refractivity contribution < 1.29 is 17.3 Å². The zero-order valence-electron chi connectivity index (χ0n) is 16.3. The Morgan fingerprint density at radius 3 is 2.24 bits per heavy atom. The largest absolute Gasteiger partial charge is 0.369 e. The van der Waals surface area contributed by atoms with E-state index in [0.29, 0.717) is 42.4 Å². The van der Waals surface area contributed by atoms with Crippen LogP contribution in [-0.4, -0.2) is 44.1 Å². The summed E-state index contributed by atoms with van der Waals surface area (Å²) in [5.41, 5.74) is 3.13. The van der Waals surface area contributed by atoms with Crippen molar-refractivity contribution >= 4 is 15.7 Å². The molecule has 0 radical (unpaired) electrons. The van der Waals surface area contributed by atoms with Gasteiger partial charge in [-0.3, -0.25) is 0 Å². The topological polar surface area (TPSA) is 66.7 Å². The van der Waals surface area contributed by atoms with Gasteiger partial charge in [-0.05, 0) is 61.9 Å². The molecule has 0 spiro atoms. The molecule has 0 amide bonds. The van der Waals surface area contributed by atoms with Crippen LogP contribution in [0, 0.1) is 19.7 Å². The summed E-state index contributed by atoms with van der Waals surface area (Å²) in [7, 11) is -3.60. The van der Waals surface area contributed by atoms with Crippen LogP contribution < -0.4 is 4.90 Å². The predicted molar refractivity (Wildman–Crippen MR) is 109 cm³/mol. The number of sulfonamides is 1. The van der Waals surface area contributed by atoms with Crippen molar-refractivity contribution in [2.45, 2.75) is 18.7 Å². The number of halogens is 1. The molecular weight excluding hydrogens is 393 g/mol. The minimum Gasteiger partial charge on any atom is -0.369 e. The zero-order chi connectivity index (χ0) is 20.6. The van der Waals surface area contributed by atoms with E-state index in [1.165, 1.54) is 16.4 Å². The van der Waals surface area contributed by atoms with Gasteiger partial charge in [0.05, 0.1) is 10.6 Å². The molecule has 0 aliphatic carbocycles. The van der Waals surface area contributed by atoms with E-state index >= 15 is 0 Å². The number of aryl methyl sites for hydroxylation is 2. The van der Waals surface area contributed by atoms with E-state index in [4.69, 9.17) is 4.52 Å². The molecule has 29 heavy (non-hydrogen) atoms. The van der Waals surface area contributed by atoms with Crippen molar-refractivity contribution in [2.75, 3.05) is 31.1 Å². The van der Waals surface area contributed by atoms with Crippen LogP contribution in [0.2, 0.25) is 0 Å². The Morgan fingerprint density at radius 1 is 0.966 bits per heavy atom. The molecule has 1 aromatic heterocycles. The van der Waals surface area contributed by atoms with Crippen LogP contribution >= 0.6 is 0 Å². The Labute approximate surface area is 169 Å². The summed E-state index contributed by atoms with van der Waals surface area (Å²) in [5.74, 6) is 0.330. The molecule has 2 aromatic carbocycles. The van der Waals surface area contributed by atoms with Crippen molar-refractivity contribution in [1.29, 1.82) is 0 Å². The summed E-state index contributed by atoms with van der Waals surface area (Å²) in [6, 6.07) is 13.3. The van der Waals surface area contributed by atoms with Gasteiger partial charge in [-0.15, -0.1) is 0 Å². The maximum Gasteiger partial charge on any atom is 0.243 e. The average Bonchev–Trinajstić information content (AvgIpc) is 3.15. The molecule has 4 rings (SSSR count). The number of rotatable bonds is 4. The molecular formula is C21H22FN3O3S. The summed E-state index contributed by atoms with van der Waals surface area (Å²) in [6.07, 6.45) is 0. The third kappa shape index (κ3) is 3.90. The summed E-state index contributed by atoms with van der Waals surface area (Å²) >= 11 is 0. The Hall–Kier alpha value is -2.71. The minimum absolute atomic E-state index is 0.283. The van der Waals surface area contributed by atoms with Crippen molar-refractivity contribution in [2.24, 2.45) is 0 Å². The van der Waals surface area contributed by atoms with Crippen LogP contribution in [0.25, 0.3) is 11.3 Å². The van der Waals surface area contributed by atoms with Gasteiger partial charge in [0.25, 0.3) is 0 Å². The van der Waals surface area contributed by atoms with E-state index in [9.17, 15) is 12.8 Å². The standard InChI is InChI=1S/C21H22FN3O3S/c1-15-13-17(20-14-16(2)23-28-20)3-8-21(15)29(26,27)25-11-9-24(10-12-25)19-6-4-18(22)5-7-19/h3-8,13-14H,9-12H2,1-2H3. The first kappa shape index (κ1) is 19.6. The van der Waals surface area contributed by atoms with Crippen LogP contribution in [0.1, 0.15) is 11.3 Å². The molecule has 152 valence electrons. The van der Waals surface area contributed by atoms with Crippen molar-refractivity contribution in [3.8, 4) is 11.3 Å². The molecule has 3 aromatic rings. The van der Waals surface area contributed by atoms with Crippen molar-refractivity contribution in [1.82, 2.24) is 9.46 Å². The maximum atomic E-state index is 13.2. The lowest BCUT2D eigenvalue weighted by atomic mass is 10.1. The lowest BCUT2D eigenvalue weighted by Crippen LogP contribution is -2.48. The zero-order valence-corrected chi connectivity index (χ0v) is 17.1. The fourth-order valence-corrected chi connectivity index (χ4v) is 5.20. The first-order chi connectivity index (χ1) is 13.8. The Kier molecular flexibility index (Phi) is 5.14. The molecule has 6 nitrogen and oxygen atoms in total. The fraction of sp³-hybridized carbons (Fsp3) is 0.286. The minimum atomic E-state index is -3.60. The predicted octanol–water partition coefficient (Wildman–Crippen LogP) is 3.61. The second kappa shape index (κ2) is 7.61. The molecule has 0 atom stereocenters. The van der Waals surface area contributed by atoms with E-state index < -0.39 is 10.0 Å². The van der Waals surface area contributed by atoms with Gasteiger partial charge in [0.2, 0.25) is 10.0 Å². The number of anilines is 1. The highest BCUT2D eigenvalue weighted by Gasteiger charge is 2.30. The number of benzene rings is 2. The highest BCUT2D eigenvalue weighted by Crippen LogP contribution is 2.28. The van der Waals surface area contributed by atoms with Gasteiger partial charge in [0.15, 0.2) is 5.76 Å². The van der Waals surface area contributed by atoms with Gasteiger partial charge in [-0.25, -0.2) is 12.8 Å². The lowest BCUT2D eigenvalue weighted by molar-refractivity contribution is 0.384. The first-order valence-corrected chi connectivity index (χ1v) is 10.8. The van der Waals surface area contributed by atoms with Gasteiger partial charge < -0.3 is 9.42 Å². The molecule has 1 aliphatic rings. The molecule has 2 heterocycles. The number of hydrogen-bond donors (Lipinski definition) is 0. The highest BCUT2D eigenvalue weighted by atomic mass is 32.2. The van der Waals surface area contributed by atoms with Gasteiger partial charge in [0, 0.05) is 43.5 Å². The monoisotopic (exact) mass is 415 g/mol. The third-order valence-electron chi connectivity index (χ3n) is 5.14. The summed E-state index contributed by atoms with van der Waals surface area (Å²) in [4.78, 5) is 2.36. The Balaban J connectivity index is 1.51. The summed E-state index contributed by atoms with van der Waals surface area (Å²) in [6.45, 7) is 5.49. The molecule has 1 fully saturated rings. The van der Waals surface area contributed by atoms with Gasteiger partial charge in [0.1, 0.15) is 5.82 Å². The second-order valence-corrected chi connectivity index (χ2v) is 9.09. The summed E-state index contributed by atoms with van der Waals surface area (Å²) < 4.78 is 46.2. The Morgan fingerprint density at radius 2 is 1.66 bits per heavy atom. The van der Waals surface area contributed by atoms with Crippen LogP contribution in [0.15, 0.2) is 57.9 Å². The third-order valence-corrected chi connectivity index (χ3v) is 7.19.